The molecule has 1 aliphatic carbocycles. The molecule has 0 radical (unpaired) electrons. The Morgan fingerprint density at radius 3 is 2.66 bits per heavy atom. The van der Waals surface area contributed by atoms with Crippen LogP contribution in [-0.4, -0.2) is 11.0 Å². The fraction of sp³-hybridized carbons (Fsp3) is 0.476. The van der Waals surface area contributed by atoms with Crippen molar-refractivity contribution < 1.29 is 9.90 Å². The molecule has 4 nitrogen and oxygen atoms in total. The van der Waals surface area contributed by atoms with Crippen LogP contribution in [0.1, 0.15) is 66.1 Å². The third kappa shape index (κ3) is 3.68. The predicted molar refractivity (Wildman–Crippen MR) is 129 cm³/mol. The molecule has 156 valence electrons. The molecular formula is C21H23Br3N2O2S. The van der Waals surface area contributed by atoms with Gasteiger partial charge in [-0.1, -0.05) is 43.1 Å². The van der Waals surface area contributed by atoms with Gasteiger partial charge in [-0.2, -0.15) is 0 Å². The van der Waals surface area contributed by atoms with Crippen LogP contribution in [0.4, 0.5) is 5.00 Å². The van der Waals surface area contributed by atoms with Crippen molar-refractivity contribution >= 4 is 70.0 Å². The van der Waals surface area contributed by atoms with Crippen LogP contribution in [0.25, 0.3) is 0 Å². The predicted octanol–water partition coefficient (Wildman–Crippen LogP) is 7.14. The van der Waals surface area contributed by atoms with Crippen LogP contribution in [0.15, 0.2) is 19.5 Å². The summed E-state index contributed by atoms with van der Waals surface area (Å²) in [7, 11) is 0. The molecule has 0 bridgehead atoms. The average Bonchev–Trinajstić information content (AvgIpc) is 3.04. The van der Waals surface area contributed by atoms with Crippen LogP contribution in [0.2, 0.25) is 0 Å². The number of thiophene rings is 1. The zero-order chi connectivity index (χ0) is 21.1. The van der Waals surface area contributed by atoms with Gasteiger partial charge in [0.25, 0.3) is 5.91 Å². The Morgan fingerprint density at radius 1 is 1.24 bits per heavy atom. The number of halogens is 3. The van der Waals surface area contributed by atoms with Crippen LogP contribution in [0, 0.1) is 11.3 Å². The second-order valence-electron chi connectivity index (χ2n) is 8.46. The molecule has 0 saturated heterocycles. The summed E-state index contributed by atoms with van der Waals surface area (Å²) in [4.78, 5) is 14.4. The number of fused-ring (bicyclic) bond motifs is 3. The minimum Gasteiger partial charge on any atom is -0.506 e. The zero-order valence-corrected chi connectivity index (χ0v) is 22.0. The van der Waals surface area contributed by atoms with Crippen molar-refractivity contribution in [3.05, 3.63) is 41.1 Å². The quantitative estimate of drug-likeness (QED) is 0.348. The van der Waals surface area contributed by atoms with Crippen LogP contribution < -0.4 is 10.6 Å². The lowest BCUT2D eigenvalue weighted by atomic mass is 9.69. The van der Waals surface area contributed by atoms with Gasteiger partial charge in [0.2, 0.25) is 0 Å². The lowest BCUT2D eigenvalue weighted by Crippen LogP contribution is -2.39. The molecule has 2 heterocycles. The highest BCUT2D eigenvalue weighted by Gasteiger charge is 2.38. The van der Waals surface area contributed by atoms with E-state index >= 15 is 0 Å². The second-order valence-corrected chi connectivity index (χ2v) is 12.1. The van der Waals surface area contributed by atoms with Crippen molar-refractivity contribution in [1.29, 1.82) is 0 Å². The van der Waals surface area contributed by atoms with E-state index in [1.807, 2.05) is 0 Å². The van der Waals surface area contributed by atoms with E-state index in [0.717, 1.165) is 46.3 Å². The van der Waals surface area contributed by atoms with Crippen molar-refractivity contribution in [3.63, 3.8) is 0 Å². The Kier molecular flexibility index (Phi) is 5.86. The minimum atomic E-state index is -0.430. The third-order valence-corrected chi connectivity index (χ3v) is 9.78. The van der Waals surface area contributed by atoms with Crippen molar-refractivity contribution in [2.24, 2.45) is 11.3 Å². The first kappa shape index (κ1) is 21.7. The summed E-state index contributed by atoms with van der Waals surface area (Å²) in [6, 6.07) is 1.79. The van der Waals surface area contributed by atoms with Gasteiger partial charge in [-0.05, 0) is 74.1 Å². The minimum absolute atomic E-state index is 0.0457. The molecule has 0 unspecified atom stereocenters. The molecule has 29 heavy (non-hydrogen) atoms. The lowest BCUT2D eigenvalue weighted by Gasteiger charge is -2.36. The molecule has 3 N–H and O–H groups in total. The van der Waals surface area contributed by atoms with Gasteiger partial charge in [-0.25, -0.2) is 0 Å². The number of rotatable bonds is 3. The number of aromatic hydroxyl groups is 1. The fourth-order valence-corrected chi connectivity index (χ4v) is 8.19. The number of phenolic OH excluding ortho intramolecular Hbond substituents is 1. The van der Waals surface area contributed by atoms with Crippen LogP contribution in [-0.2, 0) is 12.8 Å². The molecular weight excluding hydrogens is 584 g/mol. The smallest absolute Gasteiger partial charge is 0.256 e. The lowest BCUT2D eigenvalue weighted by molar-refractivity contribution is 0.0934. The number of nitrogens with one attached hydrogen (secondary N) is 2. The SMILES string of the molecule is CCC(C)(C)[C@@H]1CCc2c(sc3c2C(=O)N[C@@H](c2c(Br)cc(Br)c(O)c2Br)N3)C1. The molecule has 0 saturated carbocycles. The van der Waals surface area contributed by atoms with Crippen molar-refractivity contribution in [2.45, 2.75) is 52.6 Å². The van der Waals surface area contributed by atoms with E-state index in [9.17, 15) is 9.90 Å². The fourth-order valence-electron chi connectivity index (χ4n) is 4.26. The van der Waals surface area contributed by atoms with E-state index in [1.54, 1.807) is 17.4 Å². The molecule has 2 aliphatic rings. The van der Waals surface area contributed by atoms with Crippen LogP contribution in [0.5, 0.6) is 5.75 Å². The molecule has 1 aliphatic heterocycles. The molecule has 2 aromatic rings. The number of hydrogen-bond donors (Lipinski definition) is 3. The van der Waals surface area contributed by atoms with Gasteiger partial charge in [-0.15, -0.1) is 11.3 Å². The van der Waals surface area contributed by atoms with Gasteiger partial charge in [0.05, 0.1) is 14.5 Å². The molecule has 4 rings (SSSR count). The Morgan fingerprint density at radius 2 is 1.97 bits per heavy atom. The van der Waals surface area contributed by atoms with Gasteiger partial charge < -0.3 is 15.7 Å². The summed E-state index contributed by atoms with van der Waals surface area (Å²) in [5.41, 5.74) is 3.10. The first-order valence-corrected chi connectivity index (χ1v) is 12.9. The molecule has 0 spiro atoms. The highest BCUT2D eigenvalue weighted by atomic mass is 79.9. The maximum Gasteiger partial charge on any atom is 0.256 e. The van der Waals surface area contributed by atoms with E-state index < -0.39 is 6.17 Å². The van der Waals surface area contributed by atoms with Gasteiger partial charge in [-0.3, -0.25) is 4.79 Å². The molecule has 0 fully saturated rings. The highest BCUT2D eigenvalue weighted by Crippen LogP contribution is 2.48. The summed E-state index contributed by atoms with van der Waals surface area (Å²) in [5.74, 6) is 0.710. The van der Waals surface area contributed by atoms with Gasteiger partial charge in [0, 0.05) is 14.9 Å². The van der Waals surface area contributed by atoms with Gasteiger partial charge in [0.1, 0.15) is 16.9 Å². The first-order valence-electron chi connectivity index (χ1n) is 9.72. The normalized spacial score (nSPS) is 21.2. The second kappa shape index (κ2) is 7.84. The Balaban J connectivity index is 1.69. The zero-order valence-electron chi connectivity index (χ0n) is 16.5. The Labute approximate surface area is 200 Å². The molecule has 2 atom stereocenters. The number of carbonyl (C=O) groups excluding carboxylic acids is 1. The Hall–Kier alpha value is -0.570. The van der Waals surface area contributed by atoms with Crippen molar-refractivity contribution in [2.75, 3.05) is 5.32 Å². The van der Waals surface area contributed by atoms with Crippen molar-refractivity contribution in [1.82, 2.24) is 5.32 Å². The first-order chi connectivity index (χ1) is 13.6. The summed E-state index contributed by atoms with van der Waals surface area (Å²) >= 11 is 12.1. The standard InChI is InChI=1S/C21H23Br3N2O2S/c1-4-21(2,3)9-5-6-10-13(7-9)29-20-14(10)19(28)25-18(26-20)15-11(22)8-12(23)17(27)16(15)24/h8-9,18,26-27H,4-7H2,1-3H3,(H,25,28)/t9-,18-/m1/s1. The van der Waals surface area contributed by atoms with Crippen LogP contribution >= 0.6 is 59.1 Å². The Bertz CT molecular complexity index is 1000. The van der Waals surface area contributed by atoms with Crippen LogP contribution in [0.3, 0.4) is 0 Å². The summed E-state index contributed by atoms with van der Waals surface area (Å²) in [6.07, 6.45) is 3.86. The topological polar surface area (TPSA) is 61.4 Å². The van der Waals surface area contributed by atoms with E-state index in [-0.39, 0.29) is 11.7 Å². The number of hydrogen-bond acceptors (Lipinski definition) is 4. The van der Waals surface area contributed by atoms with Gasteiger partial charge in [0.15, 0.2) is 0 Å². The van der Waals surface area contributed by atoms with E-state index in [4.69, 9.17) is 0 Å². The molecule has 1 amide bonds. The third-order valence-electron chi connectivity index (χ3n) is 6.53. The average molecular weight is 607 g/mol. The monoisotopic (exact) mass is 604 g/mol. The summed E-state index contributed by atoms with van der Waals surface area (Å²) < 4.78 is 1.92. The van der Waals surface area contributed by atoms with E-state index in [0.29, 0.717) is 20.3 Å². The number of anilines is 1. The number of benzene rings is 1. The van der Waals surface area contributed by atoms with E-state index in [1.165, 1.54) is 10.4 Å². The summed E-state index contributed by atoms with van der Waals surface area (Å²) in [6.45, 7) is 6.97. The molecule has 8 heteroatoms. The molecule has 1 aromatic heterocycles. The molecule has 1 aromatic carbocycles. The van der Waals surface area contributed by atoms with Crippen molar-refractivity contribution in [3.8, 4) is 5.75 Å². The summed E-state index contributed by atoms with van der Waals surface area (Å²) in [5, 5.41) is 17.8. The maximum absolute atomic E-state index is 13.1. The largest absolute Gasteiger partial charge is 0.506 e. The number of carbonyl (C=O) groups is 1. The number of phenols is 1. The van der Waals surface area contributed by atoms with Gasteiger partial charge >= 0.3 is 0 Å². The van der Waals surface area contributed by atoms with E-state index in [2.05, 4.69) is 79.2 Å². The number of amides is 1. The maximum atomic E-state index is 13.1. The highest BCUT2D eigenvalue weighted by molar-refractivity contribution is 9.11.